The second-order valence-corrected chi connectivity index (χ2v) is 5.21. The van der Waals surface area contributed by atoms with E-state index in [0.29, 0.717) is 18.3 Å². The van der Waals surface area contributed by atoms with Crippen molar-refractivity contribution in [1.82, 2.24) is 30.5 Å². The first-order valence-corrected chi connectivity index (χ1v) is 7.20. The molecule has 2 amide bonds. The van der Waals surface area contributed by atoms with Crippen molar-refractivity contribution in [2.24, 2.45) is 0 Å². The van der Waals surface area contributed by atoms with Crippen LogP contribution in [0.2, 0.25) is 0 Å². The van der Waals surface area contributed by atoms with Crippen LogP contribution in [0, 0.1) is 0 Å². The molecule has 2 N–H and O–H groups in total. The summed E-state index contributed by atoms with van der Waals surface area (Å²) in [6.07, 6.45) is 3.96. The minimum absolute atomic E-state index is 0.0898. The number of carbonyl (C=O) groups excluding carboxylic acids is 2. The lowest BCUT2D eigenvalue weighted by atomic mass is 10.1. The van der Waals surface area contributed by atoms with Gasteiger partial charge in [-0.3, -0.25) is 9.59 Å². The highest BCUT2D eigenvalue weighted by Crippen LogP contribution is 2.17. The molecule has 1 saturated heterocycles. The van der Waals surface area contributed by atoms with Gasteiger partial charge >= 0.3 is 0 Å². The van der Waals surface area contributed by atoms with E-state index in [-0.39, 0.29) is 18.2 Å². The summed E-state index contributed by atoms with van der Waals surface area (Å²) in [7, 11) is 3.24. The lowest BCUT2D eigenvalue weighted by Crippen LogP contribution is -2.31. The lowest BCUT2D eigenvalue weighted by molar-refractivity contribution is -0.120. The molecule has 1 aromatic heterocycles. The first-order chi connectivity index (χ1) is 10.1. The lowest BCUT2D eigenvalue weighted by Gasteiger charge is -2.22. The zero-order chi connectivity index (χ0) is 15.2. The average molecular weight is 294 g/mol. The van der Waals surface area contributed by atoms with Crippen LogP contribution in [0.15, 0.2) is 6.20 Å². The van der Waals surface area contributed by atoms with E-state index >= 15 is 0 Å². The maximum atomic E-state index is 12.2. The zero-order valence-corrected chi connectivity index (χ0v) is 12.5. The molecule has 1 aromatic rings. The Balaban J connectivity index is 1.93. The van der Waals surface area contributed by atoms with Crippen LogP contribution in [-0.2, 0) is 4.79 Å². The molecule has 0 aromatic carbocycles. The number of nitrogens with one attached hydrogen (secondary N) is 2. The molecule has 0 radical (unpaired) electrons. The summed E-state index contributed by atoms with van der Waals surface area (Å²) in [5, 5.41) is 13.8. The summed E-state index contributed by atoms with van der Waals surface area (Å²) in [5.74, 6) is -0.299. The minimum atomic E-state index is -0.209. The second-order valence-electron chi connectivity index (χ2n) is 5.21. The van der Waals surface area contributed by atoms with E-state index < -0.39 is 0 Å². The zero-order valence-electron chi connectivity index (χ0n) is 12.5. The van der Waals surface area contributed by atoms with Gasteiger partial charge in [0.15, 0.2) is 5.69 Å². The number of nitrogens with zero attached hydrogens (tertiary/aromatic N) is 4. The maximum Gasteiger partial charge on any atom is 0.275 e. The Kier molecular flexibility index (Phi) is 5.26. The van der Waals surface area contributed by atoms with Crippen LogP contribution in [0.1, 0.15) is 35.8 Å². The highest BCUT2D eigenvalue weighted by Gasteiger charge is 2.20. The van der Waals surface area contributed by atoms with Gasteiger partial charge in [0.1, 0.15) is 0 Å². The Hall–Kier alpha value is -1.96. The van der Waals surface area contributed by atoms with Crippen LogP contribution in [0.25, 0.3) is 0 Å². The molecule has 0 aliphatic carbocycles. The summed E-state index contributed by atoms with van der Waals surface area (Å²) >= 11 is 0. The first kappa shape index (κ1) is 15.4. The molecule has 8 heteroatoms. The molecule has 2 heterocycles. The molecule has 0 bridgehead atoms. The SMILES string of the molecule is CNC(=O)CCN(C)C(=O)c1cn(C2CCNCC2)nn1. The summed E-state index contributed by atoms with van der Waals surface area (Å²) in [5.41, 5.74) is 0.327. The Bertz CT molecular complexity index is 495. The van der Waals surface area contributed by atoms with Gasteiger partial charge in [0, 0.05) is 27.1 Å². The van der Waals surface area contributed by atoms with Crippen molar-refractivity contribution >= 4 is 11.8 Å². The van der Waals surface area contributed by atoms with Crippen molar-refractivity contribution in [1.29, 1.82) is 0 Å². The van der Waals surface area contributed by atoms with Gasteiger partial charge < -0.3 is 15.5 Å². The van der Waals surface area contributed by atoms with E-state index in [1.807, 2.05) is 0 Å². The number of aromatic nitrogens is 3. The topological polar surface area (TPSA) is 92.2 Å². The minimum Gasteiger partial charge on any atom is -0.359 e. The third-order valence-electron chi connectivity index (χ3n) is 3.71. The molecule has 1 aliphatic heterocycles. The fourth-order valence-corrected chi connectivity index (χ4v) is 2.32. The van der Waals surface area contributed by atoms with Gasteiger partial charge in [0.25, 0.3) is 5.91 Å². The van der Waals surface area contributed by atoms with E-state index in [0.717, 1.165) is 25.9 Å². The Morgan fingerprint density at radius 3 is 2.86 bits per heavy atom. The van der Waals surface area contributed by atoms with Gasteiger partial charge in [-0.15, -0.1) is 5.10 Å². The van der Waals surface area contributed by atoms with Gasteiger partial charge in [-0.05, 0) is 25.9 Å². The van der Waals surface area contributed by atoms with Crippen LogP contribution < -0.4 is 10.6 Å². The van der Waals surface area contributed by atoms with E-state index in [2.05, 4.69) is 20.9 Å². The van der Waals surface area contributed by atoms with Gasteiger partial charge in [-0.2, -0.15) is 0 Å². The Morgan fingerprint density at radius 2 is 2.19 bits per heavy atom. The van der Waals surface area contributed by atoms with Crippen molar-refractivity contribution in [2.45, 2.75) is 25.3 Å². The predicted molar refractivity (Wildman–Crippen MR) is 76.8 cm³/mol. The molecular weight excluding hydrogens is 272 g/mol. The summed E-state index contributed by atoms with van der Waals surface area (Å²) in [4.78, 5) is 24.9. The monoisotopic (exact) mass is 294 g/mol. The molecule has 2 rings (SSSR count). The van der Waals surface area contributed by atoms with Crippen molar-refractivity contribution in [3.8, 4) is 0 Å². The third-order valence-corrected chi connectivity index (χ3v) is 3.71. The van der Waals surface area contributed by atoms with Crippen molar-refractivity contribution < 1.29 is 9.59 Å². The number of hydrogen-bond donors (Lipinski definition) is 2. The fraction of sp³-hybridized carbons (Fsp3) is 0.692. The molecule has 0 saturated carbocycles. The van der Waals surface area contributed by atoms with Gasteiger partial charge in [0.05, 0.1) is 12.2 Å². The third kappa shape index (κ3) is 4.01. The molecule has 116 valence electrons. The molecule has 0 atom stereocenters. The second kappa shape index (κ2) is 7.16. The van der Waals surface area contributed by atoms with Gasteiger partial charge in [0.2, 0.25) is 5.91 Å². The van der Waals surface area contributed by atoms with Crippen molar-refractivity contribution in [3.05, 3.63) is 11.9 Å². The summed E-state index contributed by atoms with van der Waals surface area (Å²) in [6.45, 7) is 2.28. The van der Waals surface area contributed by atoms with E-state index in [9.17, 15) is 9.59 Å². The summed E-state index contributed by atoms with van der Waals surface area (Å²) < 4.78 is 1.78. The molecule has 1 fully saturated rings. The molecule has 0 spiro atoms. The van der Waals surface area contributed by atoms with Crippen molar-refractivity contribution in [2.75, 3.05) is 33.7 Å². The quantitative estimate of drug-likeness (QED) is 0.757. The molecule has 8 nitrogen and oxygen atoms in total. The average Bonchev–Trinajstić information content (AvgIpc) is 3.02. The van der Waals surface area contributed by atoms with Crippen LogP contribution in [-0.4, -0.2) is 65.4 Å². The van der Waals surface area contributed by atoms with Crippen LogP contribution in [0.3, 0.4) is 0 Å². The Morgan fingerprint density at radius 1 is 1.48 bits per heavy atom. The Labute approximate surface area is 123 Å². The van der Waals surface area contributed by atoms with E-state index in [1.54, 1.807) is 25.0 Å². The molecule has 1 aliphatic rings. The van der Waals surface area contributed by atoms with Gasteiger partial charge in [-0.1, -0.05) is 5.21 Å². The van der Waals surface area contributed by atoms with Crippen LogP contribution in [0.4, 0.5) is 0 Å². The number of piperidine rings is 1. The number of amides is 2. The standard InChI is InChI=1S/C13H22N6O2/c1-14-12(20)5-8-18(2)13(21)11-9-19(17-16-11)10-3-6-15-7-4-10/h9-10,15H,3-8H2,1-2H3,(H,14,20). The largest absolute Gasteiger partial charge is 0.359 e. The number of carbonyl (C=O) groups is 2. The van der Waals surface area contributed by atoms with Gasteiger partial charge in [-0.25, -0.2) is 4.68 Å². The highest BCUT2D eigenvalue weighted by atomic mass is 16.2. The fourth-order valence-electron chi connectivity index (χ4n) is 2.32. The normalized spacial score (nSPS) is 15.7. The highest BCUT2D eigenvalue weighted by molar-refractivity contribution is 5.92. The first-order valence-electron chi connectivity index (χ1n) is 7.20. The van der Waals surface area contributed by atoms with E-state index in [1.165, 1.54) is 4.90 Å². The van der Waals surface area contributed by atoms with Crippen LogP contribution in [0.5, 0.6) is 0 Å². The van der Waals surface area contributed by atoms with Crippen LogP contribution >= 0.6 is 0 Å². The van der Waals surface area contributed by atoms with Crippen molar-refractivity contribution in [3.63, 3.8) is 0 Å². The number of rotatable bonds is 5. The summed E-state index contributed by atoms with van der Waals surface area (Å²) in [6, 6.07) is 0.302. The molecule has 21 heavy (non-hydrogen) atoms. The molecule has 0 unspecified atom stereocenters. The predicted octanol–water partition coefficient (Wildman–Crippen LogP) is -0.589. The number of hydrogen-bond acceptors (Lipinski definition) is 5. The maximum absolute atomic E-state index is 12.2. The smallest absolute Gasteiger partial charge is 0.275 e. The van der Waals surface area contributed by atoms with E-state index in [4.69, 9.17) is 0 Å². The molecular formula is C13H22N6O2.